The van der Waals surface area contributed by atoms with Crippen LogP contribution in [0, 0.1) is 10.1 Å². The van der Waals surface area contributed by atoms with Gasteiger partial charge in [-0.15, -0.1) is 0 Å². The lowest BCUT2D eigenvalue weighted by Crippen LogP contribution is -2.42. The fourth-order valence-corrected chi connectivity index (χ4v) is 4.09. The molecule has 0 unspecified atom stereocenters. The van der Waals surface area contributed by atoms with Crippen molar-refractivity contribution in [2.24, 2.45) is 0 Å². The molecule has 0 radical (unpaired) electrons. The predicted octanol–water partition coefficient (Wildman–Crippen LogP) is 2.59. The Morgan fingerprint density at radius 2 is 1.72 bits per heavy atom. The largest absolute Gasteiger partial charge is 0.289 e. The molecule has 0 bridgehead atoms. The second kappa shape index (κ2) is 7.73. The highest BCUT2D eigenvalue weighted by atomic mass is 35.5. The molecular weight excluding hydrogens is 368 g/mol. The van der Waals surface area contributed by atoms with Crippen LogP contribution < -0.4 is 0 Å². The van der Waals surface area contributed by atoms with Gasteiger partial charge in [0.15, 0.2) is 4.90 Å². The fraction of sp³-hybridized carbons (Fsp3) is 0.188. The molecule has 2 aromatic rings. The van der Waals surface area contributed by atoms with Crippen LogP contribution >= 0.6 is 11.6 Å². The summed E-state index contributed by atoms with van der Waals surface area (Å²) in [6, 6.07) is 12.5. The third-order valence-electron chi connectivity index (χ3n) is 3.69. The summed E-state index contributed by atoms with van der Waals surface area (Å²) in [7, 11) is -3.11. The first-order valence-corrected chi connectivity index (χ1v) is 9.01. The molecule has 2 aromatic carbocycles. The van der Waals surface area contributed by atoms with E-state index in [1.165, 1.54) is 19.2 Å². The Hall–Kier alpha value is -2.29. The van der Waals surface area contributed by atoms with E-state index in [0.717, 1.165) is 16.4 Å². The van der Waals surface area contributed by atoms with Crippen molar-refractivity contribution in [3.05, 3.63) is 70.3 Å². The molecule has 2 rings (SSSR count). The maximum atomic E-state index is 12.8. The number of nitro groups is 1. The molecule has 0 N–H and O–H groups in total. The monoisotopic (exact) mass is 382 g/mol. The number of hydrogen-bond acceptors (Lipinski definition) is 5. The number of benzene rings is 2. The minimum absolute atomic E-state index is 0.0551. The number of hydrogen-bond donors (Lipinski definition) is 0. The van der Waals surface area contributed by atoms with Gasteiger partial charge in [0.25, 0.3) is 5.69 Å². The molecule has 0 aliphatic heterocycles. The molecule has 0 aliphatic rings. The molecular formula is C16H15ClN2O5S. The number of rotatable bonds is 7. The molecule has 132 valence electrons. The third kappa shape index (κ3) is 4.22. The SMILES string of the molecule is CN([C@@H](Cc1ccccc1)C(=O)Cl)S(=O)(=O)c1ccccc1[N+](=O)[O-]. The zero-order chi connectivity index (χ0) is 18.6. The van der Waals surface area contributed by atoms with Crippen LogP contribution in [0.4, 0.5) is 5.69 Å². The molecule has 0 saturated carbocycles. The minimum Gasteiger partial charge on any atom is -0.279 e. The molecule has 0 aromatic heterocycles. The van der Waals surface area contributed by atoms with Gasteiger partial charge in [-0.05, 0) is 29.7 Å². The number of para-hydroxylation sites is 1. The van der Waals surface area contributed by atoms with Crippen LogP contribution in [0.3, 0.4) is 0 Å². The summed E-state index contributed by atoms with van der Waals surface area (Å²) >= 11 is 5.61. The third-order valence-corrected chi connectivity index (χ3v) is 5.86. The maximum absolute atomic E-state index is 12.8. The summed E-state index contributed by atoms with van der Waals surface area (Å²) in [6.45, 7) is 0. The Labute approximate surface area is 150 Å². The molecule has 9 heteroatoms. The van der Waals surface area contributed by atoms with E-state index >= 15 is 0 Å². The van der Waals surface area contributed by atoms with Gasteiger partial charge in [0.05, 0.1) is 4.92 Å². The maximum Gasteiger partial charge on any atom is 0.289 e. The topological polar surface area (TPSA) is 97.6 Å². The number of likely N-dealkylation sites (N-methyl/N-ethyl adjacent to an activating group) is 1. The van der Waals surface area contributed by atoms with E-state index in [4.69, 9.17) is 11.6 Å². The van der Waals surface area contributed by atoms with E-state index in [1.807, 2.05) is 0 Å². The van der Waals surface area contributed by atoms with Gasteiger partial charge in [-0.2, -0.15) is 4.31 Å². The van der Waals surface area contributed by atoms with Crippen LogP contribution in [0.1, 0.15) is 5.56 Å². The Morgan fingerprint density at radius 1 is 1.16 bits per heavy atom. The van der Waals surface area contributed by atoms with E-state index in [1.54, 1.807) is 30.3 Å². The predicted molar refractivity (Wildman–Crippen MR) is 92.8 cm³/mol. The molecule has 0 heterocycles. The van der Waals surface area contributed by atoms with Gasteiger partial charge in [-0.1, -0.05) is 42.5 Å². The van der Waals surface area contributed by atoms with E-state index in [-0.39, 0.29) is 6.42 Å². The summed E-state index contributed by atoms with van der Waals surface area (Å²) in [6.07, 6.45) is 0.0551. The van der Waals surface area contributed by atoms with Crippen molar-refractivity contribution in [3.63, 3.8) is 0 Å². The van der Waals surface area contributed by atoms with E-state index in [9.17, 15) is 23.3 Å². The van der Waals surface area contributed by atoms with Gasteiger partial charge in [0, 0.05) is 13.1 Å². The Morgan fingerprint density at radius 3 is 2.28 bits per heavy atom. The Balaban J connectivity index is 2.43. The van der Waals surface area contributed by atoms with Crippen molar-refractivity contribution < 1.29 is 18.1 Å². The van der Waals surface area contributed by atoms with Crippen LogP contribution in [0.15, 0.2) is 59.5 Å². The summed E-state index contributed by atoms with van der Waals surface area (Å²) in [5.41, 5.74) is 0.154. The summed E-state index contributed by atoms with van der Waals surface area (Å²) in [4.78, 5) is 21.7. The van der Waals surface area contributed by atoms with Gasteiger partial charge >= 0.3 is 0 Å². The van der Waals surface area contributed by atoms with E-state index in [2.05, 4.69) is 0 Å². The Kier molecular flexibility index (Phi) is 5.89. The van der Waals surface area contributed by atoms with Gasteiger partial charge in [0.2, 0.25) is 15.3 Å². The van der Waals surface area contributed by atoms with Crippen LogP contribution in [0.25, 0.3) is 0 Å². The molecule has 25 heavy (non-hydrogen) atoms. The Bertz CT molecular complexity index is 886. The second-order valence-corrected chi connectivity index (χ2v) is 7.59. The number of sulfonamides is 1. The quantitative estimate of drug-likeness (QED) is 0.416. The highest BCUT2D eigenvalue weighted by Crippen LogP contribution is 2.27. The average Bonchev–Trinajstić information content (AvgIpc) is 2.59. The molecule has 0 aliphatic carbocycles. The van der Waals surface area contributed by atoms with Crippen molar-refractivity contribution in [2.75, 3.05) is 7.05 Å². The van der Waals surface area contributed by atoms with Crippen molar-refractivity contribution in [2.45, 2.75) is 17.4 Å². The second-order valence-electron chi connectivity index (χ2n) is 5.26. The van der Waals surface area contributed by atoms with Crippen LogP contribution in [0.5, 0.6) is 0 Å². The van der Waals surface area contributed by atoms with Crippen LogP contribution in [0.2, 0.25) is 0 Å². The fourth-order valence-electron chi connectivity index (χ4n) is 2.34. The molecule has 0 fully saturated rings. The van der Waals surface area contributed by atoms with Gasteiger partial charge in [-0.25, -0.2) is 8.42 Å². The molecule has 0 saturated heterocycles. The van der Waals surface area contributed by atoms with Crippen molar-refractivity contribution >= 4 is 32.6 Å². The van der Waals surface area contributed by atoms with Gasteiger partial charge < -0.3 is 0 Å². The number of carbonyl (C=O) groups is 1. The van der Waals surface area contributed by atoms with Crippen LogP contribution in [-0.2, 0) is 21.2 Å². The smallest absolute Gasteiger partial charge is 0.279 e. The summed E-state index contributed by atoms with van der Waals surface area (Å²) in [5.74, 6) is 0. The van der Waals surface area contributed by atoms with E-state index in [0.29, 0.717) is 5.56 Å². The first-order chi connectivity index (χ1) is 11.7. The first-order valence-electron chi connectivity index (χ1n) is 7.20. The zero-order valence-electron chi connectivity index (χ0n) is 13.2. The van der Waals surface area contributed by atoms with Gasteiger partial charge in [-0.3, -0.25) is 14.9 Å². The number of nitro benzene ring substituents is 1. The van der Waals surface area contributed by atoms with Crippen molar-refractivity contribution in [1.82, 2.24) is 4.31 Å². The van der Waals surface area contributed by atoms with Crippen molar-refractivity contribution in [3.8, 4) is 0 Å². The lowest BCUT2D eigenvalue weighted by atomic mass is 10.1. The minimum atomic E-state index is -4.29. The molecule has 0 spiro atoms. The molecule has 1 atom stereocenters. The highest BCUT2D eigenvalue weighted by molar-refractivity contribution is 7.89. The number of carbonyl (C=O) groups excluding carboxylic acids is 1. The molecule has 7 nitrogen and oxygen atoms in total. The summed E-state index contributed by atoms with van der Waals surface area (Å²) < 4.78 is 26.4. The standard InChI is InChI=1S/C16H15ClN2O5S/c1-18(14(16(17)20)11-12-7-3-2-4-8-12)25(23,24)15-10-6-5-9-13(15)19(21)22/h2-10,14H,11H2,1H3/t14-/m0/s1. The van der Waals surface area contributed by atoms with Crippen molar-refractivity contribution in [1.29, 1.82) is 0 Å². The van der Waals surface area contributed by atoms with E-state index < -0.39 is 36.8 Å². The summed E-state index contributed by atoms with van der Waals surface area (Å²) in [5, 5.41) is 10.2. The normalized spacial score (nSPS) is 12.8. The molecule has 0 amide bonds. The average molecular weight is 383 g/mol. The van der Waals surface area contributed by atoms with Crippen LogP contribution in [-0.4, -0.2) is 36.0 Å². The number of halogens is 1. The zero-order valence-corrected chi connectivity index (χ0v) is 14.8. The lowest BCUT2D eigenvalue weighted by molar-refractivity contribution is -0.387. The number of nitrogens with zero attached hydrogens (tertiary/aromatic N) is 2. The first kappa shape index (κ1) is 19.0. The van der Waals surface area contributed by atoms with Gasteiger partial charge in [0.1, 0.15) is 6.04 Å². The highest BCUT2D eigenvalue weighted by Gasteiger charge is 2.36. The lowest BCUT2D eigenvalue weighted by Gasteiger charge is -2.24.